The summed E-state index contributed by atoms with van der Waals surface area (Å²) >= 11 is 5.96. The minimum absolute atomic E-state index is 0.627. The van der Waals surface area contributed by atoms with E-state index in [-0.39, 0.29) is 0 Å². The first-order chi connectivity index (χ1) is 13.1. The smallest absolute Gasteiger partial charge is 0.226 e. The third-order valence-corrected chi connectivity index (χ3v) is 4.84. The van der Waals surface area contributed by atoms with E-state index in [1.54, 1.807) is 0 Å². The fourth-order valence-electron chi connectivity index (χ4n) is 3.19. The van der Waals surface area contributed by atoms with Crippen LogP contribution in [-0.2, 0) is 13.1 Å². The number of benzene rings is 2. The van der Waals surface area contributed by atoms with Gasteiger partial charge in [0.15, 0.2) is 0 Å². The van der Waals surface area contributed by atoms with E-state index in [1.807, 2.05) is 55.6 Å². The van der Waals surface area contributed by atoms with Gasteiger partial charge in [0.25, 0.3) is 0 Å². The van der Waals surface area contributed by atoms with Crippen LogP contribution in [0.15, 0.2) is 65.2 Å². The minimum atomic E-state index is 0.627. The predicted molar refractivity (Wildman–Crippen MR) is 109 cm³/mol. The van der Waals surface area contributed by atoms with E-state index in [0.717, 1.165) is 29.1 Å². The highest BCUT2D eigenvalue weighted by Gasteiger charge is 2.14. The number of nitrogens with zero attached hydrogens (tertiary/aromatic N) is 3. The number of hydrogen-bond acceptors (Lipinski definition) is 4. The minimum Gasteiger partial charge on any atom is -0.441 e. The number of aryl methyl sites for hydroxylation is 1. The summed E-state index contributed by atoms with van der Waals surface area (Å²) in [5.41, 5.74) is 4.14. The molecule has 4 aromatic rings. The Bertz CT molecular complexity index is 1070. The lowest BCUT2D eigenvalue weighted by molar-refractivity contribution is 0.314. The molecule has 2 aromatic heterocycles. The Morgan fingerprint density at radius 1 is 1.00 bits per heavy atom. The molecule has 0 aliphatic heterocycles. The quantitative estimate of drug-likeness (QED) is 0.461. The van der Waals surface area contributed by atoms with E-state index >= 15 is 0 Å². The molecule has 0 saturated carbocycles. The molecule has 0 fully saturated rings. The molecule has 0 N–H and O–H groups in total. The van der Waals surface area contributed by atoms with Crippen LogP contribution in [0.1, 0.15) is 17.0 Å². The Balaban J connectivity index is 1.53. The molecule has 0 unspecified atom stereocenters. The highest BCUT2D eigenvalue weighted by Crippen LogP contribution is 2.24. The Morgan fingerprint density at radius 2 is 1.78 bits per heavy atom. The standard InChI is InChI=1S/C22H20ClN3O/c1-15-21(25-22(27-15)16-7-9-18(23)10-8-16)14-26(2)13-17-11-12-24-20-6-4-3-5-19(17)20/h3-12H,13-14H2,1-2H3. The van der Waals surface area contributed by atoms with Gasteiger partial charge < -0.3 is 4.42 Å². The average Bonchev–Trinajstić information content (AvgIpc) is 3.03. The number of hydrogen-bond donors (Lipinski definition) is 0. The van der Waals surface area contributed by atoms with Crippen molar-refractivity contribution in [3.05, 3.63) is 82.8 Å². The van der Waals surface area contributed by atoms with Gasteiger partial charge in [0.1, 0.15) is 5.76 Å². The summed E-state index contributed by atoms with van der Waals surface area (Å²) in [5.74, 6) is 1.47. The van der Waals surface area contributed by atoms with Gasteiger partial charge in [-0.15, -0.1) is 0 Å². The van der Waals surface area contributed by atoms with Crippen molar-refractivity contribution >= 4 is 22.5 Å². The van der Waals surface area contributed by atoms with Crippen molar-refractivity contribution in [2.45, 2.75) is 20.0 Å². The summed E-state index contributed by atoms with van der Waals surface area (Å²) in [4.78, 5) is 11.4. The van der Waals surface area contributed by atoms with Crippen molar-refractivity contribution in [1.82, 2.24) is 14.9 Å². The van der Waals surface area contributed by atoms with Crippen LogP contribution in [0.25, 0.3) is 22.4 Å². The molecule has 5 heteroatoms. The van der Waals surface area contributed by atoms with Gasteiger partial charge in [-0.2, -0.15) is 0 Å². The van der Waals surface area contributed by atoms with Crippen LogP contribution in [0.5, 0.6) is 0 Å². The van der Waals surface area contributed by atoms with Crippen LogP contribution >= 0.6 is 11.6 Å². The lowest BCUT2D eigenvalue weighted by atomic mass is 10.1. The maximum atomic E-state index is 5.96. The maximum Gasteiger partial charge on any atom is 0.226 e. The molecule has 0 radical (unpaired) electrons. The van der Waals surface area contributed by atoms with E-state index in [0.29, 0.717) is 17.5 Å². The molecular formula is C22H20ClN3O. The van der Waals surface area contributed by atoms with Crippen LogP contribution in [0.4, 0.5) is 0 Å². The molecule has 2 heterocycles. The first-order valence-corrected chi connectivity index (χ1v) is 9.21. The van der Waals surface area contributed by atoms with Gasteiger partial charge in [-0.25, -0.2) is 4.98 Å². The molecule has 27 heavy (non-hydrogen) atoms. The molecule has 0 bridgehead atoms. The first-order valence-electron chi connectivity index (χ1n) is 8.83. The summed E-state index contributed by atoms with van der Waals surface area (Å²) in [5, 5.41) is 1.89. The van der Waals surface area contributed by atoms with Crippen molar-refractivity contribution in [2.24, 2.45) is 0 Å². The van der Waals surface area contributed by atoms with Crippen molar-refractivity contribution in [1.29, 1.82) is 0 Å². The molecule has 136 valence electrons. The Morgan fingerprint density at radius 3 is 2.59 bits per heavy atom. The summed E-state index contributed by atoms with van der Waals surface area (Å²) in [6, 6.07) is 17.8. The van der Waals surface area contributed by atoms with Gasteiger partial charge in [0, 0.05) is 35.3 Å². The third-order valence-electron chi connectivity index (χ3n) is 4.58. The fourth-order valence-corrected chi connectivity index (χ4v) is 3.31. The predicted octanol–water partition coefficient (Wildman–Crippen LogP) is 5.48. The van der Waals surface area contributed by atoms with Crippen molar-refractivity contribution in [3.63, 3.8) is 0 Å². The third kappa shape index (κ3) is 3.87. The molecule has 0 aliphatic carbocycles. The van der Waals surface area contributed by atoms with Crippen LogP contribution in [0, 0.1) is 6.92 Å². The Hall–Kier alpha value is -2.69. The first kappa shape index (κ1) is 17.7. The summed E-state index contributed by atoms with van der Waals surface area (Å²) in [7, 11) is 2.09. The summed E-state index contributed by atoms with van der Waals surface area (Å²) in [6.07, 6.45) is 1.87. The van der Waals surface area contributed by atoms with Crippen LogP contribution in [0.2, 0.25) is 5.02 Å². The van der Waals surface area contributed by atoms with Crippen LogP contribution < -0.4 is 0 Å². The van der Waals surface area contributed by atoms with Gasteiger partial charge >= 0.3 is 0 Å². The average molecular weight is 378 g/mol. The zero-order chi connectivity index (χ0) is 18.8. The number of oxazole rings is 1. The van der Waals surface area contributed by atoms with Crippen LogP contribution in [0.3, 0.4) is 0 Å². The molecule has 0 saturated heterocycles. The molecule has 0 amide bonds. The SMILES string of the molecule is Cc1oc(-c2ccc(Cl)cc2)nc1CN(C)Cc1ccnc2ccccc12. The zero-order valence-corrected chi connectivity index (χ0v) is 16.1. The number of halogens is 1. The molecule has 0 atom stereocenters. The van der Waals surface area contributed by atoms with E-state index in [2.05, 4.69) is 34.0 Å². The van der Waals surface area contributed by atoms with Gasteiger partial charge in [0.05, 0.1) is 11.2 Å². The number of fused-ring (bicyclic) bond motifs is 1. The largest absolute Gasteiger partial charge is 0.441 e. The molecule has 4 nitrogen and oxygen atoms in total. The van der Waals surface area contributed by atoms with Gasteiger partial charge in [-0.1, -0.05) is 29.8 Å². The molecule has 4 rings (SSSR count). The van der Waals surface area contributed by atoms with E-state index in [1.165, 1.54) is 10.9 Å². The Kier molecular flexibility index (Phi) is 4.92. The van der Waals surface area contributed by atoms with Gasteiger partial charge in [-0.05, 0) is 55.9 Å². The molecule has 0 spiro atoms. The van der Waals surface area contributed by atoms with Crippen LogP contribution in [-0.4, -0.2) is 21.9 Å². The fraction of sp³-hybridized carbons (Fsp3) is 0.182. The number of para-hydroxylation sites is 1. The number of pyridine rings is 1. The van der Waals surface area contributed by atoms with Crippen molar-refractivity contribution in [2.75, 3.05) is 7.05 Å². The normalized spacial score (nSPS) is 11.4. The molecular weight excluding hydrogens is 358 g/mol. The Labute approximate surface area is 163 Å². The highest BCUT2D eigenvalue weighted by atomic mass is 35.5. The molecule has 2 aromatic carbocycles. The maximum absolute atomic E-state index is 5.96. The number of rotatable bonds is 5. The van der Waals surface area contributed by atoms with E-state index < -0.39 is 0 Å². The second-order valence-electron chi connectivity index (χ2n) is 6.69. The second kappa shape index (κ2) is 7.51. The zero-order valence-electron chi connectivity index (χ0n) is 15.3. The topological polar surface area (TPSA) is 42.2 Å². The molecule has 0 aliphatic rings. The summed E-state index contributed by atoms with van der Waals surface area (Å²) in [6.45, 7) is 3.47. The lowest BCUT2D eigenvalue weighted by Gasteiger charge is -2.16. The second-order valence-corrected chi connectivity index (χ2v) is 7.12. The van der Waals surface area contributed by atoms with Gasteiger partial charge in [0.2, 0.25) is 5.89 Å². The summed E-state index contributed by atoms with van der Waals surface area (Å²) < 4.78 is 5.87. The van der Waals surface area contributed by atoms with Crippen molar-refractivity contribution in [3.8, 4) is 11.5 Å². The van der Waals surface area contributed by atoms with E-state index in [9.17, 15) is 0 Å². The van der Waals surface area contributed by atoms with Gasteiger partial charge in [-0.3, -0.25) is 9.88 Å². The lowest BCUT2D eigenvalue weighted by Crippen LogP contribution is -2.18. The monoisotopic (exact) mass is 377 g/mol. The highest BCUT2D eigenvalue weighted by molar-refractivity contribution is 6.30. The van der Waals surface area contributed by atoms with E-state index in [4.69, 9.17) is 16.0 Å². The number of aromatic nitrogens is 2. The van der Waals surface area contributed by atoms with Crippen molar-refractivity contribution < 1.29 is 4.42 Å².